The predicted octanol–water partition coefficient (Wildman–Crippen LogP) is 3.35. The molecular weight excluding hydrogens is 320 g/mol. The molecule has 0 atom stereocenters. The molecule has 1 aromatic carbocycles. The van der Waals surface area contributed by atoms with Gasteiger partial charge in [-0.1, -0.05) is 12.1 Å². The summed E-state index contributed by atoms with van der Waals surface area (Å²) in [6, 6.07) is 10.5. The number of aliphatic hydroxyl groups excluding tert-OH is 1. The van der Waals surface area contributed by atoms with Crippen molar-refractivity contribution < 1.29 is 9.85 Å². The zero-order chi connectivity index (χ0) is 17.6. The first-order valence-corrected chi connectivity index (χ1v) is 9.41. The van der Waals surface area contributed by atoms with Gasteiger partial charge in [0.05, 0.1) is 18.4 Å². The first kappa shape index (κ1) is 15.9. The fourth-order valence-corrected chi connectivity index (χ4v) is 3.94. The third-order valence-electron chi connectivity index (χ3n) is 4.20. The van der Waals surface area contributed by atoms with Gasteiger partial charge in [0.2, 0.25) is 1.43 Å². The van der Waals surface area contributed by atoms with E-state index in [1.807, 2.05) is 6.07 Å². The lowest BCUT2D eigenvalue weighted by molar-refractivity contribution is 0.236. The number of piperazine rings is 1. The average Bonchev–Trinajstić information content (AvgIpc) is 3.03. The summed E-state index contributed by atoms with van der Waals surface area (Å²) in [7, 11) is 0. The van der Waals surface area contributed by atoms with Gasteiger partial charge in [-0.05, 0) is 43.0 Å². The Bertz CT molecular complexity index is 669. The van der Waals surface area contributed by atoms with E-state index >= 15 is 0 Å². The molecule has 0 spiro atoms. The molecule has 4 nitrogen and oxygen atoms in total. The summed E-state index contributed by atoms with van der Waals surface area (Å²) in [5.41, 5.74) is 2.29. The largest absolute Gasteiger partial charge is 0.489 e. The van der Waals surface area contributed by atoms with E-state index in [0.29, 0.717) is 6.61 Å². The fourth-order valence-electron chi connectivity index (χ4n) is 3.02. The number of ether oxygens (including phenoxy) is 1. The van der Waals surface area contributed by atoms with Crippen molar-refractivity contribution in [2.45, 2.75) is 33.1 Å². The minimum absolute atomic E-state index is 0.183. The molecule has 1 aliphatic rings. The molecule has 1 N–H and O–H groups in total. The van der Waals surface area contributed by atoms with Crippen molar-refractivity contribution in [3.8, 4) is 5.75 Å². The highest BCUT2D eigenvalue weighted by Gasteiger charge is 2.20. The van der Waals surface area contributed by atoms with Gasteiger partial charge in [-0.15, -0.1) is 11.3 Å². The maximum absolute atomic E-state index is 6.84. The van der Waals surface area contributed by atoms with Gasteiger partial charge in [0.25, 0.3) is 0 Å². The fraction of sp³-hybridized carbons (Fsp3) is 0.474. The summed E-state index contributed by atoms with van der Waals surface area (Å²) in [6.07, 6.45) is 0.183. The first-order valence-electron chi connectivity index (χ1n) is 8.94. The van der Waals surface area contributed by atoms with Crippen LogP contribution in [0.5, 0.6) is 5.75 Å². The van der Waals surface area contributed by atoms with Crippen LogP contribution in [-0.2, 0) is 13.2 Å². The van der Waals surface area contributed by atoms with Crippen molar-refractivity contribution in [2.75, 3.05) is 31.1 Å². The second kappa shape index (κ2) is 8.01. The minimum Gasteiger partial charge on any atom is -0.489 e. The first-order chi connectivity index (χ1) is 12.2. The Kier molecular flexibility index (Phi) is 5.32. The summed E-state index contributed by atoms with van der Waals surface area (Å²) in [5.74, 6) is 0.976. The van der Waals surface area contributed by atoms with Crippen LogP contribution in [0.25, 0.3) is 0 Å². The number of aliphatic hydroxyl groups is 1. The van der Waals surface area contributed by atoms with Gasteiger partial charge in [0.1, 0.15) is 5.75 Å². The van der Waals surface area contributed by atoms with Crippen LogP contribution in [0.1, 0.15) is 24.3 Å². The van der Waals surface area contributed by atoms with Crippen molar-refractivity contribution in [3.63, 3.8) is 0 Å². The van der Waals surface area contributed by atoms with E-state index < -0.39 is 0 Å². The van der Waals surface area contributed by atoms with E-state index in [1.165, 1.54) is 10.6 Å². The second-order valence-corrected chi connectivity index (χ2v) is 7.46. The highest BCUT2D eigenvalue weighted by molar-refractivity contribution is 7.10. The molecule has 0 bridgehead atoms. The predicted molar refractivity (Wildman–Crippen MR) is 99.9 cm³/mol. The third kappa shape index (κ3) is 4.29. The van der Waals surface area contributed by atoms with Crippen LogP contribution < -0.4 is 9.64 Å². The smallest absolute Gasteiger partial charge is 0.211 e. The zero-order valence-electron chi connectivity index (χ0n) is 15.4. The Labute approximate surface area is 149 Å². The molecule has 2 heterocycles. The lowest BCUT2D eigenvalue weighted by Crippen LogP contribution is -2.46. The summed E-state index contributed by atoms with van der Waals surface area (Å²) in [5, 5.41) is 6.54. The highest BCUT2D eigenvalue weighted by atomic mass is 32.1. The maximum Gasteiger partial charge on any atom is 0.211 e. The van der Waals surface area contributed by atoms with Crippen LogP contribution in [0.4, 0.5) is 5.69 Å². The number of hydrogen-bond acceptors (Lipinski definition) is 5. The monoisotopic (exact) mass is 348 g/mol. The van der Waals surface area contributed by atoms with Gasteiger partial charge < -0.3 is 14.7 Å². The SMILES string of the molecule is [3H]OCc1csc(CN2CCN(c3ccccc3OC(C)C)CC2)c1. The quantitative estimate of drug-likeness (QED) is 0.832. The molecule has 130 valence electrons. The van der Waals surface area contributed by atoms with Gasteiger partial charge in [-0.2, -0.15) is 0 Å². The Hall–Kier alpha value is -1.56. The highest BCUT2D eigenvalue weighted by Crippen LogP contribution is 2.30. The second-order valence-electron chi connectivity index (χ2n) is 6.46. The standard InChI is InChI=1S/C19H26N2O2S/c1-15(2)23-19-6-4-3-5-18(19)21-9-7-20(8-10-21)12-17-11-16(13-22)14-24-17/h3-6,11,14-15,22H,7-10,12-13H2,1-2H3/i22T. The van der Waals surface area contributed by atoms with Crippen LogP contribution in [-0.4, -0.2) is 43.7 Å². The lowest BCUT2D eigenvalue weighted by atomic mass is 10.2. The normalized spacial score (nSPS) is 16.5. The molecule has 0 unspecified atom stereocenters. The number of para-hydroxylation sites is 2. The Balaban J connectivity index is 1.56. The van der Waals surface area contributed by atoms with Gasteiger partial charge >= 0.3 is 0 Å². The molecule has 24 heavy (non-hydrogen) atoms. The van der Waals surface area contributed by atoms with E-state index in [1.54, 1.807) is 11.3 Å². The van der Waals surface area contributed by atoms with Gasteiger partial charge in [-0.3, -0.25) is 4.90 Å². The van der Waals surface area contributed by atoms with E-state index in [-0.39, 0.29) is 6.10 Å². The van der Waals surface area contributed by atoms with Crippen molar-refractivity contribution >= 4 is 17.0 Å². The van der Waals surface area contributed by atoms with Crippen LogP contribution in [0.2, 0.25) is 0 Å². The molecule has 5 heteroatoms. The molecule has 0 saturated carbocycles. The Morgan fingerprint density at radius 1 is 1.25 bits per heavy atom. The number of nitrogens with zero attached hydrogens (tertiary/aromatic N) is 2. The summed E-state index contributed by atoms with van der Waals surface area (Å²) >= 11 is 1.75. The molecule has 0 radical (unpaired) electrons. The van der Waals surface area contributed by atoms with E-state index in [0.717, 1.165) is 44.0 Å². The van der Waals surface area contributed by atoms with E-state index in [2.05, 4.69) is 58.4 Å². The molecular formula is C19H26N2O2S. The molecule has 1 fully saturated rings. The molecule has 0 amide bonds. The van der Waals surface area contributed by atoms with Gasteiger partial charge in [-0.25, -0.2) is 0 Å². The van der Waals surface area contributed by atoms with E-state index in [4.69, 9.17) is 6.17 Å². The molecule has 1 aromatic heterocycles. The van der Waals surface area contributed by atoms with Crippen LogP contribution >= 0.6 is 11.3 Å². The van der Waals surface area contributed by atoms with Crippen LogP contribution in [0.15, 0.2) is 35.7 Å². The number of rotatable bonds is 7. The number of hydrogen-bond donors (Lipinski definition) is 1. The topological polar surface area (TPSA) is 35.9 Å². The molecule has 3 rings (SSSR count). The van der Waals surface area contributed by atoms with Crippen molar-refractivity contribution in [2.24, 2.45) is 0 Å². The number of anilines is 1. The zero-order valence-corrected chi connectivity index (χ0v) is 15.2. The number of benzene rings is 1. The van der Waals surface area contributed by atoms with Crippen LogP contribution in [0, 0.1) is 0 Å². The van der Waals surface area contributed by atoms with Gasteiger partial charge in [0.15, 0.2) is 0 Å². The maximum atomic E-state index is 6.84. The summed E-state index contributed by atoms with van der Waals surface area (Å²) in [6.45, 7) is 9.57. The van der Waals surface area contributed by atoms with E-state index in [9.17, 15) is 0 Å². The Morgan fingerprint density at radius 2 is 2.04 bits per heavy atom. The van der Waals surface area contributed by atoms with Crippen LogP contribution in [0.3, 0.4) is 0 Å². The summed E-state index contributed by atoms with van der Waals surface area (Å²) < 4.78 is 12.8. The minimum atomic E-state index is 0.183. The third-order valence-corrected chi connectivity index (χ3v) is 5.17. The number of thiophene rings is 1. The molecule has 1 saturated heterocycles. The molecule has 0 aliphatic carbocycles. The Morgan fingerprint density at radius 3 is 2.79 bits per heavy atom. The van der Waals surface area contributed by atoms with Crippen molar-refractivity contribution in [1.82, 2.24) is 4.90 Å². The summed E-state index contributed by atoms with van der Waals surface area (Å²) in [4.78, 5) is 6.24. The molecule has 2 aromatic rings. The van der Waals surface area contributed by atoms with Crippen molar-refractivity contribution in [3.05, 3.63) is 46.2 Å². The molecule has 1 aliphatic heterocycles. The van der Waals surface area contributed by atoms with Gasteiger partial charge in [0, 0.05) is 37.6 Å². The lowest BCUT2D eigenvalue weighted by Gasteiger charge is -2.36. The van der Waals surface area contributed by atoms with Crippen molar-refractivity contribution in [1.29, 1.82) is 1.43 Å². The average molecular weight is 349 g/mol.